The summed E-state index contributed by atoms with van der Waals surface area (Å²) >= 11 is 0. The SMILES string of the molecule is Fc1ccc(-c2cccc[nH+]2)cc1. The lowest BCUT2D eigenvalue weighted by Crippen LogP contribution is -2.03. The Morgan fingerprint density at radius 3 is 2.31 bits per heavy atom. The van der Waals surface area contributed by atoms with Gasteiger partial charge in [-0.3, -0.25) is 0 Å². The third kappa shape index (κ3) is 1.72. The van der Waals surface area contributed by atoms with Gasteiger partial charge in [-0.25, -0.2) is 9.37 Å². The smallest absolute Gasteiger partial charge is 0.210 e. The van der Waals surface area contributed by atoms with Crippen LogP contribution in [0, 0.1) is 5.82 Å². The van der Waals surface area contributed by atoms with Crippen molar-refractivity contribution in [3.63, 3.8) is 0 Å². The van der Waals surface area contributed by atoms with E-state index in [0.717, 1.165) is 11.3 Å². The van der Waals surface area contributed by atoms with E-state index in [1.165, 1.54) is 12.1 Å². The zero-order chi connectivity index (χ0) is 9.10. The van der Waals surface area contributed by atoms with Gasteiger partial charge in [0.15, 0.2) is 6.20 Å². The minimum atomic E-state index is -0.209. The minimum absolute atomic E-state index is 0.209. The first kappa shape index (κ1) is 7.92. The van der Waals surface area contributed by atoms with Crippen LogP contribution in [0.2, 0.25) is 0 Å². The first-order chi connectivity index (χ1) is 6.36. The third-order valence-electron chi connectivity index (χ3n) is 1.86. The van der Waals surface area contributed by atoms with Crippen LogP contribution in [0.15, 0.2) is 48.7 Å². The molecule has 0 atom stereocenters. The normalized spacial score (nSPS) is 9.92. The lowest BCUT2D eigenvalue weighted by Gasteiger charge is -1.93. The zero-order valence-electron chi connectivity index (χ0n) is 7.00. The molecular weight excluding hydrogens is 165 g/mol. The first-order valence-corrected chi connectivity index (χ1v) is 4.09. The van der Waals surface area contributed by atoms with Gasteiger partial charge < -0.3 is 0 Å². The summed E-state index contributed by atoms with van der Waals surface area (Å²) < 4.78 is 12.6. The second-order valence-electron chi connectivity index (χ2n) is 2.78. The lowest BCUT2D eigenvalue weighted by molar-refractivity contribution is -0.364. The van der Waals surface area contributed by atoms with Gasteiger partial charge in [-0.05, 0) is 30.3 Å². The number of H-pyrrole nitrogens is 1. The second kappa shape index (κ2) is 3.35. The van der Waals surface area contributed by atoms with Gasteiger partial charge in [-0.2, -0.15) is 0 Å². The predicted octanol–water partition coefficient (Wildman–Crippen LogP) is 2.31. The third-order valence-corrected chi connectivity index (χ3v) is 1.86. The quantitative estimate of drug-likeness (QED) is 0.630. The molecule has 2 heteroatoms. The summed E-state index contributed by atoms with van der Waals surface area (Å²) in [5.41, 5.74) is 1.98. The molecule has 64 valence electrons. The largest absolute Gasteiger partial charge is 0.211 e. The second-order valence-corrected chi connectivity index (χ2v) is 2.78. The van der Waals surface area contributed by atoms with Gasteiger partial charge in [0.25, 0.3) is 0 Å². The number of aromatic amines is 1. The molecule has 0 unspecified atom stereocenters. The summed E-state index contributed by atoms with van der Waals surface area (Å²) in [6.07, 6.45) is 1.85. The molecule has 1 aromatic heterocycles. The molecule has 1 N–H and O–H groups in total. The molecule has 2 aromatic rings. The Morgan fingerprint density at radius 1 is 0.923 bits per heavy atom. The number of benzene rings is 1. The molecule has 13 heavy (non-hydrogen) atoms. The Hall–Kier alpha value is -1.70. The molecular formula is C11H9FN+. The molecule has 1 heterocycles. The van der Waals surface area contributed by atoms with Crippen molar-refractivity contribution in [2.75, 3.05) is 0 Å². The molecule has 0 aliphatic heterocycles. The van der Waals surface area contributed by atoms with Crippen molar-refractivity contribution in [1.82, 2.24) is 0 Å². The Balaban J connectivity index is 2.42. The van der Waals surface area contributed by atoms with Crippen LogP contribution in [0.25, 0.3) is 11.3 Å². The Labute approximate surface area is 75.9 Å². The van der Waals surface area contributed by atoms with Crippen molar-refractivity contribution in [3.8, 4) is 11.3 Å². The highest BCUT2D eigenvalue weighted by molar-refractivity contribution is 5.55. The van der Waals surface area contributed by atoms with Crippen molar-refractivity contribution < 1.29 is 9.37 Å². The number of pyridine rings is 1. The maximum Gasteiger partial charge on any atom is 0.210 e. The van der Waals surface area contributed by atoms with Crippen LogP contribution in [0.3, 0.4) is 0 Å². The van der Waals surface area contributed by atoms with Crippen molar-refractivity contribution in [1.29, 1.82) is 0 Å². The molecule has 0 aliphatic carbocycles. The van der Waals surface area contributed by atoms with E-state index in [1.807, 2.05) is 24.4 Å². The minimum Gasteiger partial charge on any atom is -0.211 e. The Kier molecular flexibility index (Phi) is 2.04. The van der Waals surface area contributed by atoms with Gasteiger partial charge in [-0.1, -0.05) is 0 Å². The highest BCUT2D eigenvalue weighted by atomic mass is 19.1. The van der Waals surface area contributed by atoms with E-state index in [1.54, 1.807) is 12.1 Å². The van der Waals surface area contributed by atoms with E-state index in [4.69, 9.17) is 0 Å². The van der Waals surface area contributed by atoms with E-state index in [0.29, 0.717) is 0 Å². The molecule has 0 spiro atoms. The van der Waals surface area contributed by atoms with E-state index in [2.05, 4.69) is 4.98 Å². The monoisotopic (exact) mass is 174 g/mol. The molecule has 0 saturated carbocycles. The van der Waals surface area contributed by atoms with Crippen LogP contribution in [0.1, 0.15) is 0 Å². The van der Waals surface area contributed by atoms with Crippen LogP contribution >= 0.6 is 0 Å². The number of nitrogens with one attached hydrogen (secondary N) is 1. The highest BCUT2D eigenvalue weighted by Gasteiger charge is 2.02. The molecule has 1 aromatic carbocycles. The van der Waals surface area contributed by atoms with Crippen molar-refractivity contribution >= 4 is 0 Å². The van der Waals surface area contributed by atoms with Gasteiger partial charge in [0.1, 0.15) is 5.82 Å². The average Bonchev–Trinajstić information content (AvgIpc) is 2.20. The molecule has 1 nitrogen and oxygen atoms in total. The zero-order valence-corrected chi connectivity index (χ0v) is 7.00. The van der Waals surface area contributed by atoms with E-state index in [9.17, 15) is 4.39 Å². The van der Waals surface area contributed by atoms with Crippen molar-refractivity contribution in [3.05, 3.63) is 54.5 Å². The van der Waals surface area contributed by atoms with Crippen LogP contribution in [-0.4, -0.2) is 0 Å². The molecule has 0 saturated heterocycles. The molecule has 2 rings (SSSR count). The van der Waals surface area contributed by atoms with Crippen LogP contribution in [-0.2, 0) is 0 Å². The molecule has 0 aliphatic rings. The topological polar surface area (TPSA) is 14.1 Å². The molecule has 0 radical (unpaired) electrons. The lowest BCUT2D eigenvalue weighted by atomic mass is 10.1. The number of aromatic nitrogens is 1. The molecule has 0 bridgehead atoms. The Bertz CT molecular complexity index is 381. The first-order valence-electron chi connectivity index (χ1n) is 4.09. The summed E-state index contributed by atoms with van der Waals surface area (Å²) in [5.74, 6) is -0.209. The summed E-state index contributed by atoms with van der Waals surface area (Å²) in [6, 6.07) is 12.2. The standard InChI is InChI=1S/C11H8FN/c12-10-6-4-9(5-7-10)11-3-1-2-8-13-11/h1-8H/p+1. The fraction of sp³-hybridized carbons (Fsp3) is 0. The highest BCUT2D eigenvalue weighted by Crippen LogP contribution is 2.13. The summed E-state index contributed by atoms with van der Waals surface area (Å²) in [5, 5.41) is 0. The summed E-state index contributed by atoms with van der Waals surface area (Å²) in [4.78, 5) is 3.08. The van der Waals surface area contributed by atoms with Crippen molar-refractivity contribution in [2.45, 2.75) is 0 Å². The average molecular weight is 174 g/mol. The van der Waals surface area contributed by atoms with E-state index >= 15 is 0 Å². The fourth-order valence-electron chi connectivity index (χ4n) is 1.20. The molecule has 0 amide bonds. The van der Waals surface area contributed by atoms with Gasteiger partial charge in [-0.15, -0.1) is 0 Å². The fourth-order valence-corrected chi connectivity index (χ4v) is 1.20. The summed E-state index contributed by atoms with van der Waals surface area (Å²) in [6.45, 7) is 0. The van der Waals surface area contributed by atoms with Crippen LogP contribution < -0.4 is 4.98 Å². The maximum absolute atomic E-state index is 12.6. The van der Waals surface area contributed by atoms with Gasteiger partial charge >= 0.3 is 0 Å². The summed E-state index contributed by atoms with van der Waals surface area (Å²) in [7, 11) is 0. The van der Waals surface area contributed by atoms with Crippen molar-refractivity contribution in [2.24, 2.45) is 0 Å². The van der Waals surface area contributed by atoms with E-state index in [-0.39, 0.29) is 5.82 Å². The van der Waals surface area contributed by atoms with Crippen LogP contribution in [0.4, 0.5) is 4.39 Å². The Morgan fingerprint density at radius 2 is 1.69 bits per heavy atom. The maximum atomic E-state index is 12.6. The number of rotatable bonds is 1. The number of hydrogen-bond donors (Lipinski definition) is 0. The predicted molar refractivity (Wildman–Crippen MR) is 48.4 cm³/mol. The molecule has 0 fully saturated rings. The van der Waals surface area contributed by atoms with Gasteiger partial charge in [0.05, 0.1) is 0 Å². The number of hydrogen-bond acceptors (Lipinski definition) is 0. The van der Waals surface area contributed by atoms with Gasteiger partial charge in [0.2, 0.25) is 5.69 Å². The number of halogens is 1. The van der Waals surface area contributed by atoms with E-state index < -0.39 is 0 Å². The van der Waals surface area contributed by atoms with Gasteiger partial charge in [0, 0.05) is 17.7 Å². The van der Waals surface area contributed by atoms with Crippen LogP contribution in [0.5, 0.6) is 0 Å².